The molecule has 0 saturated heterocycles. The Labute approximate surface area is 113 Å². The normalized spacial score (nSPS) is 19.6. The van der Waals surface area contributed by atoms with Gasteiger partial charge in [-0.3, -0.25) is 4.90 Å². The van der Waals surface area contributed by atoms with Crippen LogP contribution in [0.2, 0.25) is 0 Å². The van der Waals surface area contributed by atoms with Crippen molar-refractivity contribution < 1.29 is 4.52 Å². The lowest BCUT2D eigenvalue weighted by molar-refractivity contribution is 0.141. The largest absolute Gasteiger partial charge is 0.349 e. The van der Waals surface area contributed by atoms with Crippen LogP contribution in [0.1, 0.15) is 43.7 Å². The van der Waals surface area contributed by atoms with Crippen molar-refractivity contribution in [3.63, 3.8) is 0 Å². The van der Waals surface area contributed by atoms with Gasteiger partial charge in [-0.15, -0.1) is 0 Å². The lowest BCUT2D eigenvalue weighted by Crippen LogP contribution is -2.35. The van der Waals surface area contributed by atoms with Gasteiger partial charge in [0.2, 0.25) is 5.89 Å². The molecule has 19 heavy (non-hydrogen) atoms. The quantitative estimate of drug-likeness (QED) is 0.847. The fraction of sp³-hybridized carbons (Fsp3) is 0.571. The van der Waals surface area contributed by atoms with Crippen molar-refractivity contribution in [2.24, 2.45) is 0 Å². The molecular formula is C14H20N4O. The summed E-state index contributed by atoms with van der Waals surface area (Å²) in [5, 5.41) is 4.01. The van der Waals surface area contributed by atoms with Crippen LogP contribution < -0.4 is 0 Å². The molecule has 1 aliphatic rings. The fourth-order valence-corrected chi connectivity index (χ4v) is 2.70. The summed E-state index contributed by atoms with van der Waals surface area (Å²) >= 11 is 0. The highest BCUT2D eigenvalue weighted by molar-refractivity contribution is 5.13. The molecule has 0 aliphatic carbocycles. The van der Waals surface area contributed by atoms with Crippen LogP contribution in [-0.4, -0.2) is 26.2 Å². The fourth-order valence-electron chi connectivity index (χ4n) is 2.70. The predicted octanol–water partition coefficient (Wildman–Crippen LogP) is 2.40. The molecule has 0 unspecified atom stereocenters. The van der Waals surface area contributed by atoms with E-state index in [9.17, 15) is 0 Å². The first-order chi connectivity index (χ1) is 9.28. The summed E-state index contributed by atoms with van der Waals surface area (Å²) in [5.74, 6) is 1.56. The van der Waals surface area contributed by atoms with Crippen LogP contribution in [-0.2, 0) is 19.5 Å². The number of aryl methyl sites for hydroxylation is 1. The maximum Gasteiger partial charge on any atom is 0.240 e. The van der Waals surface area contributed by atoms with E-state index < -0.39 is 0 Å². The van der Waals surface area contributed by atoms with Crippen LogP contribution in [0.4, 0.5) is 0 Å². The molecule has 1 atom stereocenters. The average molecular weight is 260 g/mol. The molecule has 0 fully saturated rings. The van der Waals surface area contributed by atoms with Crippen molar-refractivity contribution >= 4 is 0 Å². The topological polar surface area (TPSA) is 47.1 Å². The molecule has 0 saturated carbocycles. The Morgan fingerprint density at radius 1 is 1.42 bits per heavy atom. The van der Waals surface area contributed by atoms with E-state index in [1.807, 2.05) is 0 Å². The number of hydrogen-bond acceptors (Lipinski definition) is 4. The van der Waals surface area contributed by atoms with Crippen molar-refractivity contribution in [1.29, 1.82) is 0 Å². The molecule has 0 spiro atoms. The molecule has 0 bridgehead atoms. The Bertz CT molecular complexity index is 545. The number of nitrogens with zero attached hydrogens (tertiary/aromatic N) is 4. The van der Waals surface area contributed by atoms with Gasteiger partial charge in [0.05, 0.1) is 6.54 Å². The molecule has 3 rings (SSSR count). The third-order valence-corrected chi connectivity index (χ3v) is 3.79. The third kappa shape index (κ3) is 2.42. The van der Waals surface area contributed by atoms with Gasteiger partial charge in [0.1, 0.15) is 0 Å². The summed E-state index contributed by atoms with van der Waals surface area (Å²) in [4.78, 5) is 6.83. The lowest BCUT2D eigenvalue weighted by Gasteiger charge is -2.33. The summed E-state index contributed by atoms with van der Waals surface area (Å²) in [6.07, 6.45) is 4.09. The minimum atomic E-state index is 0.394. The van der Waals surface area contributed by atoms with E-state index in [2.05, 4.69) is 51.8 Å². The molecule has 3 heterocycles. The zero-order valence-electron chi connectivity index (χ0n) is 11.5. The molecule has 0 aromatic carbocycles. The molecule has 2 aromatic rings. The maximum atomic E-state index is 5.33. The van der Waals surface area contributed by atoms with Crippen LogP contribution in [0.15, 0.2) is 22.9 Å². The van der Waals surface area contributed by atoms with E-state index in [-0.39, 0.29) is 0 Å². The Balaban J connectivity index is 1.70. The van der Waals surface area contributed by atoms with Crippen LogP contribution in [0.5, 0.6) is 0 Å². The Hall–Kier alpha value is -1.62. The molecule has 1 aliphatic heterocycles. The molecule has 2 aromatic heterocycles. The van der Waals surface area contributed by atoms with E-state index in [0.717, 1.165) is 44.2 Å². The Kier molecular flexibility index (Phi) is 3.38. The van der Waals surface area contributed by atoms with Gasteiger partial charge in [0, 0.05) is 37.4 Å². The van der Waals surface area contributed by atoms with Gasteiger partial charge in [0.25, 0.3) is 0 Å². The Morgan fingerprint density at radius 2 is 2.32 bits per heavy atom. The standard InChI is InChI=1S/C14H20N4O/c1-3-5-13-15-14(19-16-13)10-18-9-8-17-7-4-6-12(17)11(18)2/h4,6-7,11H,3,5,8-10H2,1-2H3/t11-/m0/s1. The van der Waals surface area contributed by atoms with E-state index in [1.54, 1.807) is 0 Å². The van der Waals surface area contributed by atoms with Gasteiger partial charge >= 0.3 is 0 Å². The van der Waals surface area contributed by atoms with Gasteiger partial charge in [-0.05, 0) is 25.5 Å². The molecular weight excluding hydrogens is 240 g/mol. The third-order valence-electron chi connectivity index (χ3n) is 3.79. The highest BCUT2D eigenvalue weighted by Crippen LogP contribution is 2.26. The molecule has 0 radical (unpaired) electrons. The van der Waals surface area contributed by atoms with Crippen LogP contribution in [0.25, 0.3) is 0 Å². The number of fused-ring (bicyclic) bond motifs is 1. The zero-order valence-corrected chi connectivity index (χ0v) is 11.5. The second kappa shape index (κ2) is 5.17. The molecule has 102 valence electrons. The van der Waals surface area contributed by atoms with Gasteiger partial charge < -0.3 is 9.09 Å². The van der Waals surface area contributed by atoms with E-state index >= 15 is 0 Å². The zero-order chi connectivity index (χ0) is 13.2. The summed E-state index contributed by atoms with van der Waals surface area (Å²) < 4.78 is 7.65. The second-order valence-corrected chi connectivity index (χ2v) is 5.13. The second-order valence-electron chi connectivity index (χ2n) is 5.13. The van der Waals surface area contributed by atoms with Crippen molar-refractivity contribution in [2.75, 3.05) is 6.54 Å². The van der Waals surface area contributed by atoms with Gasteiger partial charge in [-0.1, -0.05) is 12.1 Å². The van der Waals surface area contributed by atoms with Crippen LogP contribution >= 0.6 is 0 Å². The minimum Gasteiger partial charge on any atom is -0.349 e. The highest BCUT2D eigenvalue weighted by atomic mass is 16.5. The first-order valence-corrected chi connectivity index (χ1v) is 6.98. The number of aromatic nitrogens is 3. The van der Waals surface area contributed by atoms with Gasteiger partial charge in [-0.2, -0.15) is 4.98 Å². The summed E-state index contributed by atoms with van der Waals surface area (Å²) in [7, 11) is 0. The molecule has 0 amide bonds. The average Bonchev–Trinajstić information content (AvgIpc) is 3.03. The maximum absolute atomic E-state index is 5.33. The van der Waals surface area contributed by atoms with Crippen LogP contribution in [0, 0.1) is 0 Å². The number of rotatable bonds is 4. The smallest absolute Gasteiger partial charge is 0.240 e. The van der Waals surface area contributed by atoms with Gasteiger partial charge in [-0.25, -0.2) is 0 Å². The van der Waals surface area contributed by atoms with Crippen molar-refractivity contribution in [2.45, 2.75) is 45.8 Å². The predicted molar refractivity (Wildman–Crippen MR) is 71.6 cm³/mol. The van der Waals surface area contributed by atoms with Crippen LogP contribution in [0.3, 0.4) is 0 Å². The van der Waals surface area contributed by atoms with E-state index in [0.29, 0.717) is 6.04 Å². The SMILES string of the molecule is CCCc1noc(CN2CCn3cccc3[C@@H]2C)n1. The van der Waals surface area contributed by atoms with Crippen molar-refractivity contribution in [3.8, 4) is 0 Å². The molecule has 5 nitrogen and oxygen atoms in total. The summed E-state index contributed by atoms with van der Waals surface area (Å²) in [6.45, 7) is 7.14. The Morgan fingerprint density at radius 3 is 3.16 bits per heavy atom. The molecule has 5 heteroatoms. The monoisotopic (exact) mass is 260 g/mol. The lowest BCUT2D eigenvalue weighted by atomic mass is 10.1. The van der Waals surface area contributed by atoms with Crippen molar-refractivity contribution in [1.82, 2.24) is 19.6 Å². The molecule has 0 N–H and O–H groups in total. The first-order valence-electron chi connectivity index (χ1n) is 6.98. The minimum absolute atomic E-state index is 0.394. The summed E-state index contributed by atoms with van der Waals surface area (Å²) in [5.41, 5.74) is 1.36. The van der Waals surface area contributed by atoms with E-state index in [4.69, 9.17) is 4.52 Å². The van der Waals surface area contributed by atoms with E-state index in [1.165, 1.54) is 5.69 Å². The van der Waals surface area contributed by atoms with Crippen molar-refractivity contribution in [3.05, 3.63) is 35.7 Å². The summed E-state index contributed by atoms with van der Waals surface area (Å²) in [6, 6.07) is 4.69. The highest BCUT2D eigenvalue weighted by Gasteiger charge is 2.24. The number of hydrogen-bond donors (Lipinski definition) is 0. The first kappa shape index (κ1) is 12.4. The van der Waals surface area contributed by atoms with Gasteiger partial charge in [0.15, 0.2) is 5.82 Å².